The van der Waals surface area contributed by atoms with Gasteiger partial charge in [-0.05, 0) is 46.3 Å². The molecule has 0 aliphatic heterocycles. The second-order valence-corrected chi connectivity index (χ2v) is 4.33. The van der Waals surface area contributed by atoms with E-state index in [-0.39, 0.29) is 6.54 Å². The minimum absolute atomic E-state index is 0.252. The van der Waals surface area contributed by atoms with E-state index >= 15 is 0 Å². The van der Waals surface area contributed by atoms with Crippen LogP contribution in [0, 0.1) is 11.6 Å². The van der Waals surface area contributed by atoms with Gasteiger partial charge in [0.05, 0.1) is 6.54 Å². The third-order valence-corrected chi connectivity index (χ3v) is 2.68. The van der Waals surface area contributed by atoms with Gasteiger partial charge in [-0.15, -0.1) is 0 Å². The molecule has 0 bridgehead atoms. The highest BCUT2D eigenvalue weighted by molar-refractivity contribution is 9.10. The molecule has 0 aliphatic carbocycles. The van der Waals surface area contributed by atoms with E-state index < -0.39 is 11.6 Å². The van der Waals surface area contributed by atoms with Crippen LogP contribution in [0.3, 0.4) is 0 Å². The summed E-state index contributed by atoms with van der Waals surface area (Å²) in [5, 5.41) is 2.98. The van der Waals surface area contributed by atoms with Crippen molar-refractivity contribution >= 4 is 15.9 Å². The van der Waals surface area contributed by atoms with Gasteiger partial charge >= 0.3 is 0 Å². The van der Waals surface area contributed by atoms with Crippen molar-refractivity contribution in [2.24, 2.45) is 0 Å². The largest absolute Gasteiger partial charge is 0.453 e. The summed E-state index contributed by atoms with van der Waals surface area (Å²) >= 11 is 3.19. The third kappa shape index (κ3) is 3.38. The Bertz CT molecular complexity index is 513. The molecule has 0 spiro atoms. The van der Waals surface area contributed by atoms with Gasteiger partial charge in [-0.2, -0.15) is 0 Å². The van der Waals surface area contributed by atoms with Crippen LogP contribution in [-0.2, 0) is 13.1 Å². The molecule has 1 aromatic heterocycles. The fraction of sp³-hybridized carbons (Fsp3) is 0.167. The lowest BCUT2D eigenvalue weighted by molar-refractivity contribution is 0.462. The quantitative estimate of drug-likeness (QED) is 0.933. The maximum atomic E-state index is 13.3. The Labute approximate surface area is 106 Å². The van der Waals surface area contributed by atoms with E-state index in [9.17, 15) is 8.78 Å². The van der Waals surface area contributed by atoms with Crippen molar-refractivity contribution in [2.45, 2.75) is 13.1 Å². The molecule has 0 unspecified atom stereocenters. The molecule has 0 fully saturated rings. The number of nitrogens with one attached hydrogen (secondary N) is 1. The minimum Gasteiger partial charge on any atom is -0.453 e. The van der Waals surface area contributed by atoms with Crippen LogP contribution in [0.5, 0.6) is 0 Å². The van der Waals surface area contributed by atoms with Gasteiger partial charge in [0, 0.05) is 12.1 Å². The second kappa shape index (κ2) is 5.42. The van der Waals surface area contributed by atoms with Crippen LogP contribution < -0.4 is 5.32 Å². The highest BCUT2D eigenvalue weighted by atomic mass is 79.9. The van der Waals surface area contributed by atoms with Crippen molar-refractivity contribution in [1.29, 1.82) is 0 Å². The number of furan rings is 1. The van der Waals surface area contributed by atoms with Crippen LogP contribution in [0.25, 0.3) is 0 Å². The predicted octanol–water partition coefficient (Wildman–Crippen LogP) is 3.61. The molecule has 0 aliphatic rings. The van der Waals surface area contributed by atoms with Crippen molar-refractivity contribution in [2.75, 3.05) is 0 Å². The topological polar surface area (TPSA) is 25.2 Å². The summed E-state index contributed by atoms with van der Waals surface area (Å²) in [4.78, 5) is 0. The first kappa shape index (κ1) is 12.3. The molecule has 90 valence electrons. The highest BCUT2D eigenvalue weighted by Crippen LogP contribution is 2.14. The summed E-state index contributed by atoms with van der Waals surface area (Å²) in [6, 6.07) is 6.98. The molecule has 5 heteroatoms. The normalized spacial score (nSPS) is 10.8. The Morgan fingerprint density at radius 3 is 2.65 bits per heavy atom. The first-order chi connectivity index (χ1) is 8.15. The van der Waals surface area contributed by atoms with E-state index in [0.29, 0.717) is 16.8 Å². The molecule has 17 heavy (non-hydrogen) atoms. The maximum absolute atomic E-state index is 13.3. The van der Waals surface area contributed by atoms with E-state index in [0.717, 1.165) is 17.9 Å². The first-order valence-electron chi connectivity index (χ1n) is 5.04. The Balaban J connectivity index is 1.91. The van der Waals surface area contributed by atoms with Gasteiger partial charge in [0.2, 0.25) is 0 Å². The van der Waals surface area contributed by atoms with Crippen LogP contribution in [0.1, 0.15) is 11.3 Å². The van der Waals surface area contributed by atoms with E-state index in [2.05, 4.69) is 21.2 Å². The molecule has 2 aromatic rings. The summed E-state index contributed by atoms with van der Waals surface area (Å²) in [5.74, 6) is -0.128. The van der Waals surface area contributed by atoms with Gasteiger partial charge in [0.25, 0.3) is 0 Å². The van der Waals surface area contributed by atoms with Crippen molar-refractivity contribution in [3.8, 4) is 0 Å². The number of hydrogen-bond acceptors (Lipinski definition) is 2. The Morgan fingerprint density at radius 1 is 1.12 bits per heavy atom. The van der Waals surface area contributed by atoms with Crippen LogP contribution in [-0.4, -0.2) is 0 Å². The van der Waals surface area contributed by atoms with E-state index in [1.807, 2.05) is 0 Å². The molecule has 0 radical (unpaired) electrons. The van der Waals surface area contributed by atoms with E-state index in [4.69, 9.17) is 4.42 Å². The van der Waals surface area contributed by atoms with Crippen molar-refractivity contribution in [1.82, 2.24) is 5.32 Å². The highest BCUT2D eigenvalue weighted by Gasteiger charge is 2.04. The smallest absolute Gasteiger partial charge is 0.169 e. The molecule has 2 nitrogen and oxygen atoms in total. The molecule has 0 saturated carbocycles. The molecule has 0 amide bonds. The van der Waals surface area contributed by atoms with Gasteiger partial charge in [-0.1, -0.05) is 0 Å². The van der Waals surface area contributed by atoms with Gasteiger partial charge < -0.3 is 9.73 Å². The first-order valence-corrected chi connectivity index (χ1v) is 5.83. The lowest BCUT2D eigenvalue weighted by atomic mass is 10.2. The van der Waals surface area contributed by atoms with E-state index in [1.54, 1.807) is 12.1 Å². The summed E-state index contributed by atoms with van der Waals surface area (Å²) in [7, 11) is 0. The standard InChI is InChI=1S/C12H10BrF2NO/c13-12-4-2-10(17-12)7-16-6-8-5-9(14)1-3-11(8)15/h1-5,16H,6-7H2. The summed E-state index contributed by atoms with van der Waals surface area (Å²) in [6.07, 6.45) is 0. The lowest BCUT2D eigenvalue weighted by Crippen LogP contribution is -2.13. The van der Waals surface area contributed by atoms with Crippen molar-refractivity contribution in [3.63, 3.8) is 0 Å². The summed E-state index contributed by atoms with van der Waals surface area (Å²) in [5.41, 5.74) is 0.302. The average molecular weight is 302 g/mol. The van der Waals surface area contributed by atoms with Crippen LogP contribution in [0.2, 0.25) is 0 Å². The molecule has 1 heterocycles. The summed E-state index contributed by atoms with van der Waals surface area (Å²) in [6.45, 7) is 0.712. The number of rotatable bonds is 4. The predicted molar refractivity (Wildman–Crippen MR) is 63.3 cm³/mol. The average Bonchev–Trinajstić information content (AvgIpc) is 2.69. The molecule has 2 rings (SSSR count). The van der Waals surface area contributed by atoms with Crippen LogP contribution in [0.15, 0.2) is 39.4 Å². The molecule has 1 N–H and O–H groups in total. The monoisotopic (exact) mass is 301 g/mol. The zero-order valence-corrected chi connectivity index (χ0v) is 10.4. The Kier molecular flexibility index (Phi) is 3.91. The van der Waals surface area contributed by atoms with Crippen molar-refractivity contribution < 1.29 is 13.2 Å². The molecule has 0 atom stereocenters. The lowest BCUT2D eigenvalue weighted by Gasteiger charge is -2.04. The van der Waals surface area contributed by atoms with Gasteiger partial charge in [-0.25, -0.2) is 8.78 Å². The number of benzene rings is 1. The van der Waals surface area contributed by atoms with Gasteiger partial charge in [0.15, 0.2) is 4.67 Å². The molecular formula is C12H10BrF2NO. The van der Waals surface area contributed by atoms with Crippen LogP contribution in [0.4, 0.5) is 8.78 Å². The molecule has 0 saturated heterocycles. The summed E-state index contributed by atoms with van der Waals surface area (Å²) < 4.78 is 32.0. The fourth-order valence-corrected chi connectivity index (χ4v) is 1.79. The third-order valence-electron chi connectivity index (χ3n) is 2.25. The molecular weight excluding hydrogens is 292 g/mol. The zero-order valence-electron chi connectivity index (χ0n) is 8.84. The maximum Gasteiger partial charge on any atom is 0.169 e. The Hall–Kier alpha value is -1.20. The SMILES string of the molecule is Fc1ccc(F)c(CNCc2ccc(Br)o2)c1. The fourth-order valence-electron chi connectivity index (χ4n) is 1.45. The zero-order chi connectivity index (χ0) is 12.3. The number of hydrogen-bond donors (Lipinski definition) is 1. The van der Waals surface area contributed by atoms with Crippen molar-refractivity contribution in [3.05, 3.63) is 58.0 Å². The second-order valence-electron chi connectivity index (χ2n) is 3.55. The van der Waals surface area contributed by atoms with Gasteiger partial charge in [0.1, 0.15) is 17.4 Å². The Morgan fingerprint density at radius 2 is 1.94 bits per heavy atom. The minimum atomic E-state index is -0.441. The molecule has 1 aromatic carbocycles. The van der Waals surface area contributed by atoms with Gasteiger partial charge in [-0.3, -0.25) is 0 Å². The van der Waals surface area contributed by atoms with Crippen LogP contribution >= 0.6 is 15.9 Å². The number of halogens is 3. The van der Waals surface area contributed by atoms with E-state index in [1.165, 1.54) is 6.07 Å².